The number of amides is 1. The molecule has 2 heterocycles. The number of nitrogens with zero attached hydrogens (tertiary/aromatic N) is 2. The Hall–Kier alpha value is -3.65. The Bertz CT molecular complexity index is 1210. The summed E-state index contributed by atoms with van der Waals surface area (Å²) in [7, 11) is 0. The molecule has 1 amide bonds. The van der Waals surface area contributed by atoms with Crippen molar-refractivity contribution in [2.45, 2.75) is 13.0 Å². The highest BCUT2D eigenvalue weighted by Crippen LogP contribution is 2.42. The van der Waals surface area contributed by atoms with Crippen molar-refractivity contribution >= 4 is 39.2 Å². The average molecular weight is 495 g/mol. The first-order chi connectivity index (χ1) is 15.4. The van der Waals surface area contributed by atoms with Crippen LogP contribution in [0.3, 0.4) is 0 Å². The molecule has 7 nitrogen and oxygen atoms in total. The van der Waals surface area contributed by atoms with Crippen LogP contribution in [0.1, 0.15) is 22.9 Å². The van der Waals surface area contributed by atoms with Gasteiger partial charge in [-0.2, -0.15) is 0 Å². The fraction of sp³-hybridized carbons (Fsp3) is 0.125. The van der Waals surface area contributed by atoms with E-state index in [9.17, 15) is 14.7 Å². The van der Waals surface area contributed by atoms with Gasteiger partial charge in [0.1, 0.15) is 23.9 Å². The number of halogens is 1. The summed E-state index contributed by atoms with van der Waals surface area (Å²) < 4.78 is 11.5. The van der Waals surface area contributed by atoms with Crippen LogP contribution in [0.5, 0.6) is 5.75 Å². The van der Waals surface area contributed by atoms with Gasteiger partial charge >= 0.3 is 5.91 Å². The third-order valence-corrected chi connectivity index (χ3v) is 5.52. The van der Waals surface area contributed by atoms with Crippen LogP contribution in [0, 0.1) is 6.92 Å². The molecule has 8 heteroatoms. The van der Waals surface area contributed by atoms with E-state index in [-0.39, 0.29) is 17.2 Å². The number of hydrogen-bond donors (Lipinski definition) is 1. The molecule has 162 valence electrons. The van der Waals surface area contributed by atoms with Crippen LogP contribution in [0.15, 0.2) is 81.8 Å². The summed E-state index contributed by atoms with van der Waals surface area (Å²) in [5.74, 6) is -0.582. The van der Waals surface area contributed by atoms with Crippen molar-refractivity contribution in [2.24, 2.45) is 0 Å². The molecule has 1 atom stereocenters. The predicted molar refractivity (Wildman–Crippen MR) is 122 cm³/mol. The second-order valence-corrected chi connectivity index (χ2v) is 8.06. The van der Waals surface area contributed by atoms with Crippen molar-refractivity contribution in [2.75, 3.05) is 11.5 Å². The van der Waals surface area contributed by atoms with Gasteiger partial charge in [-0.25, -0.2) is 0 Å². The highest BCUT2D eigenvalue weighted by atomic mass is 79.9. The highest BCUT2D eigenvalue weighted by molar-refractivity contribution is 9.10. The molecule has 4 rings (SSSR count). The first-order valence-corrected chi connectivity index (χ1v) is 10.5. The number of ether oxygens (including phenoxy) is 1. The number of rotatable bonds is 6. The van der Waals surface area contributed by atoms with Crippen LogP contribution >= 0.6 is 15.9 Å². The van der Waals surface area contributed by atoms with Gasteiger partial charge in [-0.05, 0) is 36.8 Å². The van der Waals surface area contributed by atoms with Crippen LogP contribution in [-0.4, -0.2) is 28.6 Å². The summed E-state index contributed by atoms with van der Waals surface area (Å²) in [5, 5.41) is 15.0. The van der Waals surface area contributed by atoms with Crippen LogP contribution < -0.4 is 9.64 Å². The van der Waals surface area contributed by atoms with Gasteiger partial charge in [0.05, 0.1) is 11.6 Å². The Morgan fingerprint density at radius 3 is 2.50 bits per heavy atom. The van der Waals surface area contributed by atoms with Crippen molar-refractivity contribution in [3.05, 3.63) is 94.2 Å². The lowest BCUT2D eigenvalue weighted by Crippen LogP contribution is -2.29. The molecule has 3 aromatic rings. The van der Waals surface area contributed by atoms with E-state index in [0.717, 1.165) is 4.47 Å². The number of aliphatic hydroxyl groups is 1. The Kier molecular flexibility index (Phi) is 5.96. The Labute approximate surface area is 192 Å². The molecule has 0 radical (unpaired) electrons. The molecule has 2 aromatic carbocycles. The van der Waals surface area contributed by atoms with Crippen LogP contribution in [0.2, 0.25) is 0 Å². The van der Waals surface area contributed by atoms with Crippen molar-refractivity contribution in [3.63, 3.8) is 0 Å². The molecule has 1 aliphatic rings. The zero-order valence-corrected chi connectivity index (χ0v) is 18.7. The van der Waals surface area contributed by atoms with Crippen molar-refractivity contribution < 1.29 is 24.0 Å². The average Bonchev–Trinajstić information content (AvgIpc) is 3.33. The number of aliphatic hydroxyl groups excluding tert-OH is 1. The molecule has 0 unspecified atom stereocenters. The summed E-state index contributed by atoms with van der Waals surface area (Å²) in [4.78, 5) is 27.3. The van der Waals surface area contributed by atoms with Crippen LogP contribution in [0.4, 0.5) is 5.82 Å². The van der Waals surface area contributed by atoms with Crippen LogP contribution in [0.25, 0.3) is 5.76 Å². The summed E-state index contributed by atoms with van der Waals surface area (Å²) >= 11 is 3.35. The topological polar surface area (TPSA) is 92.9 Å². The molecular weight excluding hydrogens is 476 g/mol. The second kappa shape index (κ2) is 8.84. The first kappa shape index (κ1) is 21.6. The number of carbonyl (C=O) groups is 2. The SMILES string of the molecule is C=CCOc1ccc([C@H]2C(=C(O)c3ccc(Br)cc3)C(=O)C(=O)N2c2cc(C)on2)cc1. The molecule has 0 aliphatic carbocycles. The molecule has 1 saturated heterocycles. The molecule has 1 N–H and O–H groups in total. The summed E-state index contributed by atoms with van der Waals surface area (Å²) in [6.45, 7) is 5.66. The van der Waals surface area contributed by atoms with Gasteiger partial charge in [-0.3, -0.25) is 14.5 Å². The van der Waals surface area contributed by atoms with Gasteiger partial charge in [0.25, 0.3) is 5.78 Å². The minimum absolute atomic E-state index is 0.0299. The maximum Gasteiger partial charge on any atom is 0.301 e. The third kappa shape index (κ3) is 3.97. The Morgan fingerprint density at radius 2 is 1.91 bits per heavy atom. The number of anilines is 1. The number of carbonyl (C=O) groups excluding carboxylic acids is 2. The van der Waals surface area contributed by atoms with Crippen molar-refractivity contribution in [3.8, 4) is 5.75 Å². The molecule has 32 heavy (non-hydrogen) atoms. The summed E-state index contributed by atoms with van der Waals surface area (Å²) in [5.41, 5.74) is 0.991. The fourth-order valence-electron chi connectivity index (χ4n) is 3.52. The Morgan fingerprint density at radius 1 is 1.22 bits per heavy atom. The third-order valence-electron chi connectivity index (χ3n) is 4.99. The number of aromatic nitrogens is 1. The standard InChI is InChI=1S/C24H19BrN2O5/c1-3-12-31-18-10-6-15(7-11-18)21-20(22(28)16-4-8-17(25)9-5-16)23(29)24(30)27(21)19-13-14(2)32-26-19/h3-11,13,21,28H,1,12H2,2H3/t21-/m0/s1. The minimum Gasteiger partial charge on any atom is -0.507 e. The quantitative estimate of drug-likeness (QED) is 0.226. The predicted octanol–water partition coefficient (Wildman–Crippen LogP) is 4.94. The number of ketones is 1. The van der Waals surface area contributed by atoms with Crippen LogP contribution in [-0.2, 0) is 9.59 Å². The van der Waals surface area contributed by atoms with Gasteiger partial charge in [-0.15, -0.1) is 0 Å². The lowest BCUT2D eigenvalue weighted by atomic mass is 9.95. The van der Waals surface area contributed by atoms with E-state index < -0.39 is 17.7 Å². The second-order valence-electron chi connectivity index (χ2n) is 7.14. The number of aryl methyl sites for hydroxylation is 1. The van der Waals surface area contributed by atoms with Gasteiger partial charge in [0, 0.05) is 16.1 Å². The first-order valence-electron chi connectivity index (χ1n) is 9.74. The largest absolute Gasteiger partial charge is 0.507 e. The number of hydrogen-bond acceptors (Lipinski definition) is 6. The molecule has 0 spiro atoms. The Balaban J connectivity index is 1.86. The van der Waals surface area contributed by atoms with Gasteiger partial charge < -0.3 is 14.4 Å². The molecule has 1 aliphatic heterocycles. The summed E-state index contributed by atoms with van der Waals surface area (Å²) in [6.07, 6.45) is 1.63. The molecule has 0 bridgehead atoms. The van der Waals surface area contributed by atoms with E-state index in [1.807, 2.05) is 0 Å². The van der Waals surface area contributed by atoms with E-state index in [1.54, 1.807) is 67.6 Å². The van der Waals surface area contributed by atoms with E-state index in [4.69, 9.17) is 9.26 Å². The summed E-state index contributed by atoms with van der Waals surface area (Å²) in [6, 6.07) is 14.4. The lowest BCUT2D eigenvalue weighted by Gasteiger charge is -2.23. The number of benzene rings is 2. The molecule has 1 fully saturated rings. The zero-order chi connectivity index (χ0) is 22.8. The minimum atomic E-state index is -0.892. The van der Waals surface area contributed by atoms with E-state index in [2.05, 4.69) is 27.7 Å². The van der Waals surface area contributed by atoms with Gasteiger partial charge in [0.2, 0.25) is 0 Å². The zero-order valence-electron chi connectivity index (χ0n) is 17.1. The van der Waals surface area contributed by atoms with Gasteiger partial charge in [-0.1, -0.05) is 58.0 Å². The maximum absolute atomic E-state index is 13.1. The van der Waals surface area contributed by atoms with Crippen molar-refractivity contribution in [1.29, 1.82) is 0 Å². The van der Waals surface area contributed by atoms with Crippen molar-refractivity contribution in [1.82, 2.24) is 5.16 Å². The smallest absolute Gasteiger partial charge is 0.301 e. The highest BCUT2D eigenvalue weighted by Gasteiger charge is 2.48. The lowest BCUT2D eigenvalue weighted by molar-refractivity contribution is -0.132. The molecular formula is C24H19BrN2O5. The monoisotopic (exact) mass is 494 g/mol. The normalized spacial score (nSPS) is 17.6. The van der Waals surface area contributed by atoms with E-state index in [1.165, 1.54) is 4.90 Å². The molecule has 1 aromatic heterocycles. The fourth-order valence-corrected chi connectivity index (χ4v) is 3.78. The van der Waals surface area contributed by atoms with E-state index in [0.29, 0.717) is 29.2 Å². The molecule has 0 saturated carbocycles. The number of Topliss-reactive ketones (excluding diaryl/α,β-unsaturated/α-hetero) is 1. The van der Waals surface area contributed by atoms with E-state index >= 15 is 0 Å². The maximum atomic E-state index is 13.1. The van der Waals surface area contributed by atoms with Gasteiger partial charge in [0.15, 0.2) is 5.82 Å².